The summed E-state index contributed by atoms with van der Waals surface area (Å²) in [6, 6.07) is 7.42. The van der Waals surface area contributed by atoms with Crippen LogP contribution in [0.4, 0.5) is 5.13 Å². The summed E-state index contributed by atoms with van der Waals surface area (Å²) >= 11 is 1.74. The van der Waals surface area contributed by atoms with E-state index in [1.54, 1.807) is 11.3 Å². The van der Waals surface area contributed by atoms with Crippen molar-refractivity contribution in [3.63, 3.8) is 0 Å². The van der Waals surface area contributed by atoms with E-state index in [4.69, 9.17) is 4.74 Å². The summed E-state index contributed by atoms with van der Waals surface area (Å²) < 4.78 is 5.45. The van der Waals surface area contributed by atoms with Crippen LogP contribution in [0.3, 0.4) is 0 Å². The van der Waals surface area contributed by atoms with Crippen molar-refractivity contribution in [2.45, 2.75) is 44.9 Å². The predicted molar refractivity (Wildman–Crippen MR) is 111 cm³/mol. The van der Waals surface area contributed by atoms with Crippen molar-refractivity contribution in [3.05, 3.63) is 34.8 Å². The van der Waals surface area contributed by atoms with Crippen LogP contribution in [-0.4, -0.2) is 53.8 Å². The molecule has 6 nitrogen and oxygen atoms in total. The number of carbonyl (C=O) groups excluding carboxylic acids is 1. The molecule has 2 heterocycles. The molecular weight excluding hydrogens is 372 g/mol. The van der Waals surface area contributed by atoms with Gasteiger partial charge in [0.15, 0.2) is 0 Å². The van der Waals surface area contributed by atoms with Crippen LogP contribution >= 0.6 is 11.3 Å². The van der Waals surface area contributed by atoms with E-state index in [0.29, 0.717) is 31.2 Å². The first-order chi connectivity index (χ1) is 13.7. The Morgan fingerprint density at radius 3 is 2.46 bits per heavy atom. The van der Waals surface area contributed by atoms with E-state index in [-0.39, 0.29) is 5.91 Å². The lowest BCUT2D eigenvalue weighted by Crippen LogP contribution is -2.48. The number of aromatic nitrogens is 2. The van der Waals surface area contributed by atoms with Crippen molar-refractivity contribution in [1.82, 2.24) is 15.1 Å². The van der Waals surface area contributed by atoms with E-state index in [2.05, 4.69) is 15.1 Å². The zero-order valence-corrected chi connectivity index (χ0v) is 17.3. The van der Waals surface area contributed by atoms with E-state index >= 15 is 0 Å². The van der Waals surface area contributed by atoms with Crippen LogP contribution in [-0.2, 0) is 0 Å². The first-order valence-electron chi connectivity index (χ1n) is 10.3. The molecule has 1 saturated heterocycles. The maximum Gasteiger partial charge on any atom is 0.253 e. The van der Waals surface area contributed by atoms with E-state index in [0.717, 1.165) is 24.0 Å². The average Bonchev–Trinajstić information content (AvgIpc) is 3.25. The summed E-state index contributed by atoms with van der Waals surface area (Å²) in [5.74, 6) is 1.49. The van der Waals surface area contributed by atoms with E-state index in [9.17, 15) is 4.79 Å². The molecule has 4 rings (SSSR count). The van der Waals surface area contributed by atoms with Gasteiger partial charge < -0.3 is 14.5 Å². The van der Waals surface area contributed by atoms with Gasteiger partial charge in [0.1, 0.15) is 10.8 Å². The highest BCUT2D eigenvalue weighted by Crippen LogP contribution is 2.36. The molecule has 0 N–H and O–H groups in total. The lowest BCUT2D eigenvalue weighted by molar-refractivity contribution is 0.0746. The molecule has 0 radical (unpaired) electrons. The number of piperazine rings is 1. The Labute approximate surface area is 170 Å². The number of hydrogen-bond acceptors (Lipinski definition) is 6. The second-order valence-electron chi connectivity index (χ2n) is 7.49. The van der Waals surface area contributed by atoms with Crippen molar-refractivity contribution in [2.75, 3.05) is 37.7 Å². The van der Waals surface area contributed by atoms with Gasteiger partial charge in [-0.3, -0.25) is 4.79 Å². The quantitative estimate of drug-likeness (QED) is 0.761. The first-order valence-corrected chi connectivity index (χ1v) is 11.2. The summed E-state index contributed by atoms with van der Waals surface area (Å²) in [6.45, 7) is 5.62. The molecule has 2 aromatic rings. The molecule has 7 heteroatoms. The molecule has 1 saturated carbocycles. The third-order valence-corrected chi connectivity index (χ3v) is 6.78. The molecule has 2 aliphatic rings. The summed E-state index contributed by atoms with van der Waals surface area (Å²) in [4.78, 5) is 17.0. The normalized spacial score (nSPS) is 18.3. The molecule has 0 unspecified atom stereocenters. The van der Waals surface area contributed by atoms with Crippen LogP contribution in [0, 0.1) is 0 Å². The maximum absolute atomic E-state index is 12.8. The number of ether oxygens (including phenoxy) is 1. The molecule has 1 aliphatic heterocycles. The van der Waals surface area contributed by atoms with Crippen molar-refractivity contribution in [1.29, 1.82) is 0 Å². The fraction of sp³-hybridized carbons (Fsp3) is 0.571. The van der Waals surface area contributed by atoms with Gasteiger partial charge in [0.05, 0.1) is 6.61 Å². The molecule has 1 aromatic heterocycles. The Balaban J connectivity index is 1.33. The molecule has 0 spiro atoms. The number of amides is 1. The minimum atomic E-state index is 0.0860. The topological polar surface area (TPSA) is 58.6 Å². The molecule has 1 amide bonds. The van der Waals surface area contributed by atoms with Gasteiger partial charge in [-0.15, -0.1) is 10.2 Å². The smallest absolute Gasteiger partial charge is 0.253 e. The largest absolute Gasteiger partial charge is 0.494 e. The van der Waals surface area contributed by atoms with Gasteiger partial charge in [-0.25, -0.2) is 0 Å². The van der Waals surface area contributed by atoms with Crippen LogP contribution in [0.25, 0.3) is 0 Å². The first kappa shape index (κ1) is 19.2. The van der Waals surface area contributed by atoms with Gasteiger partial charge in [-0.1, -0.05) is 30.6 Å². The standard InChI is InChI=1S/C21H28N4O2S/c1-2-27-18-10-8-17(9-11-18)20(26)24-12-14-25(15-13-24)21-23-22-19(28-21)16-6-4-3-5-7-16/h8-11,16H,2-7,12-15H2,1H3. The highest BCUT2D eigenvalue weighted by Gasteiger charge is 2.26. The molecule has 150 valence electrons. The van der Waals surface area contributed by atoms with Gasteiger partial charge in [0, 0.05) is 37.7 Å². The van der Waals surface area contributed by atoms with Gasteiger partial charge in [0.2, 0.25) is 5.13 Å². The van der Waals surface area contributed by atoms with Crippen molar-refractivity contribution < 1.29 is 9.53 Å². The van der Waals surface area contributed by atoms with Crippen molar-refractivity contribution >= 4 is 22.4 Å². The van der Waals surface area contributed by atoms with Crippen LogP contribution in [0.1, 0.15) is 60.3 Å². The van der Waals surface area contributed by atoms with Crippen molar-refractivity contribution in [3.8, 4) is 5.75 Å². The van der Waals surface area contributed by atoms with Crippen LogP contribution in [0.2, 0.25) is 0 Å². The number of benzene rings is 1. The third kappa shape index (κ3) is 4.29. The van der Waals surface area contributed by atoms with Crippen LogP contribution in [0.5, 0.6) is 5.75 Å². The Morgan fingerprint density at radius 1 is 1.07 bits per heavy atom. The van der Waals surface area contributed by atoms with Crippen molar-refractivity contribution in [2.24, 2.45) is 0 Å². The fourth-order valence-electron chi connectivity index (χ4n) is 4.01. The van der Waals surface area contributed by atoms with Gasteiger partial charge in [0.25, 0.3) is 5.91 Å². The second-order valence-corrected chi connectivity index (χ2v) is 8.48. The number of rotatable bonds is 5. The maximum atomic E-state index is 12.8. The minimum absolute atomic E-state index is 0.0860. The second kappa shape index (κ2) is 8.90. The molecule has 0 bridgehead atoms. The molecule has 1 aromatic carbocycles. The fourth-order valence-corrected chi connectivity index (χ4v) is 5.08. The van der Waals surface area contributed by atoms with Crippen LogP contribution in [0.15, 0.2) is 24.3 Å². The van der Waals surface area contributed by atoms with E-state index < -0.39 is 0 Å². The van der Waals surface area contributed by atoms with Gasteiger partial charge >= 0.3 is 0 Å². The highest BCUT2D eigenvalue weighted by atomic mass is 32.1. The highest BCUT2D eigenvalue weighted by molar-refractivity contribution is 7.15. The monoisotopic (exact) mass is 400 g/mol. The van der Waals surface area contributed by atoms with Gasteiger partial charge in [-0.05, 0) is 44.0 Å². The van der Waals surface area contributed by atoms with E-state index in [1.165, 1.54) is 37.1 Å². The Bertz CT molecular complexity index is 778. The molecule has 1 aliphatic carbocycles. The molecule has 2 fully saturated rings. The summed E-state index contributed by atoms with van der Waals surface area (Å²) in [7, 11) is 0. The summed E-state index contributed by atoms with van der Waals surface area (Å²) in [6.07, 6.45) is 6.47. The molecular formula is C21H28N4O2S. The Kier molecular flexibility index (Phi) is 6.10. The summed E-state index contributed by atoms with van der Waals surface area (Å²) in [5, 5.41) is 11.1. The zero-order valence-electron chi connectivity index (χ0n) is 16.5. The lowest BCUT2D eigenvalue weighted by atomic mass is 9.90. The number of carbonyl (C=O) groups is 1. The third-order valence-electron chi connectivity index (χ3n) is 5.63. The lowest BCUT2D eigenvalue weighted by Gasteiger charge is -2.34. The number of anilines is 1. The minimum Gasteiger partial charge on any atom is -0.494 e. The Morgan fingerprint density at radius 2 is 1.79 bits per heavy atom. The van der Waals surface area contributed by atoms with Gasteiger partial charge in [-0.2, -0.15) is 0 Å². The van der Waals surface area contributed by atoms with Crippen LogP contribution < -0.4 is 9.64 Å². The number of nitrogens with zero attached hydrogens (tertiary/aromatic N) is 4. The molecule has 0 atom stereocenters. The summed E-state index contributed by atoms with van der Waals surface area (Å²) in [5.41, 5.74) is 0.715. The van der Waals surface area contributed by atoms with E-state index in [1.807, 2.05) is 36.1 Å². The average molecular weight is 401 g/mol. The Hall–Kier alpha value is -2.15. The number of hydrogen-bond donors (Lipinski definition) is 0. The molecule has 28 heavy (non-hydrogen) atoms. The zero-order chi connectivity index (χ0) is 19.3. The SMILES string of the molecule is CCOc1ccc(C(=O)N2CCN(c3nnc(C4CCCCC4)s3)CC2)cc1. The predicted octanol–water partition coefficient (Wildman–Crippen LogP) is 3.95.